The standard InChI is InChI=1S/C18H19Cl2NO3S/c1-24-18-5-3-2-4-17(18)13-6-8-21(9-7-13)25(22,23)16-11-14(19)10-15(20)12-16/h2-5,10-13H,6-9H2,1H3. The van der Waals surface area contributed by atoms with Crippen LogP contribution in [0.4, 0.5) is 0 Å². The molecule has 134 valence electrons. The van der Waals surface area contributed by atoms with E-state index in [0.717, 1.165) is 24.2 Å². The second kappa shape index (κ2) is 7.54. The molecule has 0 atom stereocenters. The molecule has 0 unspecified atom stereocenters. The van der Waals surface area contributed by atoms with Crippen molar-refractivity contribution in [3.05, 3.63) is 58.1 Å². The Balaban J connectivity index is 1.77. The van der Waals surface area contributed by atoms with Gasteiger partial charge in [-0.2, -0.15) is 4.31 Å². The maximum atomic E-state index is 12.8. The van der Waals surface area contributed by atoms with Crippen LogP contribution < -0.4 is 4.74 Å². The Hall–Kier alpha value is -1.27. The Bertz CT molecular complexity index is 842. The van der Waals surface area contributed by atoms with Crippen LogP contribution in [0.5, 0.6) is 5.75 Å². The number of hydrogen-bond acceptors (Lipinski definition) is 3. The Morgan fingerprint density at radius 2 is 1.64 bits per heavy atom. The van der Waals surface area contributed by atoms with Crippen molar-refractivity contribution in [1.29, 1.82) is 0 Å². The van der Waals surface area contributed by atoms with Gasteiger partial charge in [0.1, 0.15) is 5.75 Å². The molecule has 3 rings (SSSR count). The smallest absolute Gasteiger partial charge is 0.243 e. The van der Waals surface area contributed by atoms with E-state index in [2.05, 4.69) is 0 Å². The lowest BCUT2D eigenvalue weighted by atomic mass is 9.89. The number of para-hydroxylation sites is 1. The van der Waals surface area contributed by atoms with Gasteiger partial charge in [-0.1, -0.05) is 41.4 Å². The molecule has 7 heteroatoms. The van der Waals surface area contributed by atoms with Crippen LogP contribution in [-0.4, -0.2) is 32.9 Å². The van der Waals surface area contributed by atoms with Crippen LogP contribution in [0.15, 0.2) is 47.4 Å². The van der Waals surface area contributed by atoms with Crippen molar-refractivity contribution >= 4 is 33.2 Å². The molecule has 0 spiro atoms. The van der Waals surface area contributed by atoms with E-state index < -0.39 is 10.0 Å². The average Bonchev–Trinajstić information content (AvgIpc) is 2.61. The van der Waals surface area contributed by atoms with Crippen LogP contribution in [-0.2, 0) is 10.0 Å². The van der Waals surface area contributed by atoms with Crippen LogP contribution in [0.2, 0.25) is 10.0 Å². The fourth-order valence-electron chi connectivity index (χ4n) is 3.24. The van der Waals surface area contributed by atoms with E-state index in [9.17, 15) is 8.42 Å². The van der Waals surface area contributed by atoms with E-state index in [1.807, 2.05) is 24.3 Å². The summed E-state index contributed by atoms with van der Waals surface area (Å²) in [5.41, 5.74) is 1.13. The van der Waals surface area contributed by atoms with Gasteiger partial charge in [0.15, 0.2) is 0 Å². The molecule has 0 saturated carbocycles. The van der Waals surface area contributed by atoms with E-state index >= 15 is 0 Å². The van der Waals surface area contributed by atoms with Crippen LogP contribution in [0.3, 0.4) is 0 Å². The van der Waals surface area contributed by atoms with E-state index in [4.69, 9.17) is 27.9 Å². The maximum Gasteiger partial charge on any atom is 0.243 e. The molecule has 2 aromatic rings. The van der Waals surface area contributed by atoms with Gasteiger partial charge in [-0.05, 0) is 48.6 Å². The summed E-state index contributed by atoms with van der Waals surface area (Å²) in [6, 6.07) is 12.3. The quantitative estimate of drug-likeness (QED) is 0.756. The topological polar surface area (TPSA) is 46.6 Å². The average molecular weight is 400 g/mol. The zero-order valence-corrected chi connectivity index (χ0v) is 16.1. The lowest BCUT2D eigenvalue weighted by molar-refractivity contribution is 0.313. The molecule has 0 bridgehead atoms. The highest BCUT2D eigenvalue weighted by atomic mass is 35.5. The third-order valence-corrected chi connectivity index (χ3v) is 6.82. The molecule has 1 heterocycles. The summed E-state index contributed by atoms with van der Waals surface area (Å²) in [6.07, 6.45) is 1.49. The second-order valence-corrected chi connectivity index (χ2v) is 8.84. The highest BCUT2D eigenvalue weighted by Crippen LogP contribution is 2.36. The third kappa shape index (κ3) is 3.95. The van der Waals surface area contributed by atoms with Crippen LogP contribution >= 0.6 is 23.2 Å². The normalized spacial score (nSPS) is 16.8. The van der Waals surface area contributed by atoms with Gasteiger partial charge in [-0.25, -0.2) is 8.42 Å². The fraction of sp³-hybridized carbons (Fsp3) is 0.333. The first-order valence-electron chi connectivity index (χ1n) is 8.01. The van der Waals surface area contributed by atoms with Crippen LogP contribution in [0.25, 0.3) is 0 Å². The van der Waals surface area contributed by atoms with Crippen molar-refractivity contribution in [2.24, 2.45) is 0 Å². The molecule has 1 aliphatic heterocycles. The first-order valence-corrected chi connectivity index (χ1v) is 10.2. The number of sulfonamides is 1. The van der Waals surface area contributed by atoms with Crippen LogP contribution in [0.1, 0.15) is 24.3 Å². The summed E-state index contributed by atoms with van der Waals surface area (Å²) < 4.78 is 32.6. The minimum Gasteiger partial charge on any atom is -0.496 e. The monoisotopic (exact) mass is 399 g/mol. The molecular weight excluding hydrogens is 381 g/mol. The molecule has 1 aliphatic rings. The van der Waals surface area contributed by atoms with E-state index in [0.29, 0.717) is 23.1 Å². The SMILES string of the molecule is COc1ccccc1C1CCN(S(=O)(=O)c2cc(Cl)cc(Cl)c2)CC1. The van der Waals surface area contributed by atoms with Gasteiger partial charge >= 0.3 is 0 Å². The predicted molar refractivity (Wildman–Crippen MR) is 100 cm³/mol. The van der Waals surface area contributed by atoms with Crippen molar-refractivity contribution in [2.45, 2.75) is 23.7 Å². The summed E-state index contributed by atoms with van der Waals surface area (Å²) in [5, 5.41) is 0.630. The van der Waals surface area contributed by atoms with Gasteiger partial charge in [0.2, 0.25) is 10.0 Å². The molecular formula is C18H19Cl2NO3S. The number of methoxy groups -OCH3 is 1. The summed E-state index contributed by atoms with van der Waals surface area (Å²) in [6.45, 7) is 0.907. The van der Waals surface area contributed by atoms with E-state index in [1.54, 1.807) is 7.11 Å². The van der Waals surface area contributed by atoms with Gasteiger partial charge in [-0.15, -0.1) is 0 Å². The molecule has 0 N–H and O–H groups in total. The lowest BCUT2D eigenvalue weighted by Crippen LogP contribution is -2.37. The fourth-order valence-corrected chi connectivity index (χ4v) is 5.43. The number of rotatable bonds is 4. The zero-order chi connectivity index (χ0) is 18.0. The minimum absolute atomic E-state index is 0.140. The number of hydrogen-bond donors (Lipinski definition) is 0. The van der Waals surface area contributed by atoms with Crippen molar-refractivity contribution in [2.75, 3.05) is 20.2 Å². The number of benzene rings is 2. The second-order valence-electron chi connectivity index (χ2n) is 6.03. The maximum absolute atomic E-state index is 12.8. The number of halogens is 2. The summed E-state index contributed by atoms with van der Waals surface area (Å²) in [4.78, 5) is 0.140. The summed E-state index contributed by atoms with van der Waals surface area (Å²) in [7, 11) is -1.94. The predicted octanol–water partition coefficient (Wildman–Crippen LogP) is 4.57. The number of nitrogens with zero attached hydrogens (tertiary/aromatic N) is 1. The molecule has 1 fully saturated rings. The molecule has 0 aliphatic carbocycles. The third-order valence-electron chi connectivity index (χ3n) is 4.51. The molecule has 0 amide bonds. The molecule has 2 aromatic carbocycles. The van der Waals surface area contributed by atoms with Gasteiger partial charge in [-0.3, -0.25) is 0 Å². The first kappa shape index (κ1) is 18.5. The van der Waals surface area contributed by atoms with E-state index in [-0.39, 0.29) is 10.8 Å². The van der Waals surface area contributed by atoms with Crippen LogP contribution in [0, 0.1) is 0 Å². The van der Waals surface area contributed by atoms with Gasteiger partial charge in [0.25, 0.3) is 0 Å². The van der Waals surface area contributed by atoms with Crippen molar-refractivity contribution in [3.63, 3.8) is 0 Å². The summed E-state index contributed by atoms with van der Waals surface area (Å²) in [5.74, 6) is 1.14. The molecule has 1 saturated heterocycles. The Morgan fingerprint density at radius 1 is 1.04 bits per heavy atom. The Labute approximate surface area is 158 Å². The highest BCUT2D eigenvalue weighted by molar-refractivity contribution is 7.89. The molecule has 25 heavy (non-hydrogen) atoms. The van der Waals surface area contributed by atoms with Crippen molar-refractivity contribution < 1.29 is 13.2 Å². The summed E-state index contributed by atoms with van der Waals surface area (Å²) >= 11 is 11.9. The van der Waals surface area contributed by atoms with Gasteiger partial charge < -0.3 is 4.74 Å². The number of piperidine rings is 1. The Morgan fingerprint density at radius 3 is 2.24 bits per heavy atom. The Kier molecular flexibility index (Phi) is 5.58. The van der Waals surface area contributed by atoms with E-state index in [1.165, 1.54) is 22.5 Å². The highest BCUT2D eigenvalue weighted by Gasteiger charge is 2.31. The van der Waals surface area contributed by atoms with Crippen molar-refractivity contribution in [3.8, 4) is 5.75 Å². The zero-order valence-electron chi connectivity index (χ0n) is 13.8. The lowest BCUT2D eigenvalue weighted by Gasteiger charge is -2.32. The largest absolute Gasteiger partial charge is 0.496 e. The first-order chi connectivity index (χ1) is 11.9. The minimum atomic E-state index is -3.60. The molecule has 4 nitrogen and oxygen atoms in total. The van der Waals surface area contributed by atoms with Crippen molar-refractivity contribution in [1.82, 2.24) is 4.31 Å². The van der Waals surface area contributed by atoms with Gasteiger partial charge in [0.05, 0.1) is 12.0 Å². The molecule has 0 aromatic heterocycles. The molecule has 0 radical (unpaired) electrons. The van der Waals surface area contributed by atoms with Gasteiger partial charge in [0, 0.05) is 23.1 Å². The number of ether oxygens (including phenoxy) is 1.